The molecule has 0 bridgehead atoms. The molecule has 0 saturated heterocycles. The van der Waals surface area contributed by atoms with Gasteiger partial charge in [-0.2, -0.15) is 5.10 Å². The van der Waals surface area contributed by atoms with E-state index in [1.54, 1.807) is 6.20 Å². The number of carbonyl (C=O) groups excluding carboxylic acids is 1. The highest BCUT2D eigenvalue weighted by molar-refractivity contribution is 5.97. The quantitative estimate of drug-likeness (QED) is 0.670. The van der Waals surface area contributed by atoms with Crippen LogP contribution >= 0.6 is 0 Å². The largest absolute Gasteiger partial charge is 0.273 e. The number of benzene rings is 1. The zero-order valence-corrected chi connectivity index (χ0v) is 10.7. The van der Waals surface area contributed by atoms with Gasteiger partial charge in [-0.1, -0.05) is 36.4 Å². The van der Waals surface area contributed by atoms with Crippen molar-refractivity contribution in [3.63, 3.8) is 0 Å². The Morgan fingerprint density at radius 1 is 1.16 bits per heavy atom. The maximum atomic E-state index is 11.7. The van der Waals surface area contributed by atoms with Crippen molar-refractivity contribution in [2.24, 2.45) is 5.10 Å². The second kappa shape index (κ2) is 6.44. The molecule has 1 aromatic heterocycles. The van der Waals surface area contributed by atoms with E-state index in [1.807, 2.05) is 55.5 Å². The first-order chi connectivity index (χ1) is 9.25. The lowest BCUT2D eigenvalue weighted by Crippen LogP contribution is -2.21. The fraction of sp³-hybridized carbons (Fsp3) is 0.133. The van der Waals surface area contributed by atoms with Crippen molar-refractivity contribution in [1.82, 2.24) is 10.4 Å². The zero-order chi connectivity index (χ0) is 13.5. The standard InChI is InChI=1S/C15H15N3O/c1-12(14-9-5-6-10-16-14)17-18-15(19)11-13-7-3-2-4-8-13/h2-10H,11H2,1H3,(H,18,19). The van der Waals surface area contributed by atoms with Gasteiger partial charge in [0.05, 0.1) is 17.8 Å². The van der Waals surface area contributed by atoms with E-state index in [9.17, 15) is 4.79 Å². The van der Waals surface area contributed by atoms with E-state index in [-0.39, 0.29) is 5.91 Å². The summed E-state index contributed by atoms with van der Waals surface area (Å²) in [4.78, 5) is 15.9. The molecule has 19 heavy (non-hydrogen) atoms. The third kappa shape index (κ3) is 4.03. The third-order valence-corrected chi connectivity index (χ3v) is 2.59. The third-order valence-electron chi connectivity index (χ3n) is 2.59. The normalized spacial score (nSPS) is 11.1. The first kappa shape index (κ1) is 13.0. The molecular formula is C15H15N3O. The maximum Gasteiger partial charge on any atom is 0.244 e. The number of hydrogen-bond acceptors (Lipinski definition) is 3. The number of rotatable bonds is 4. The Labute approximate surface area is 112 Å². The van der Waals surface area contributed by atoms with Gasteiger partial charge in [0.15, 0.2) is 0 Å². The van der Waals surface area contributed by atoms with Crippen molar-refractivity contribution >= 4 is 11.6 Å². The van der Waals surface area contributed by atoms with Crippen LogP contribution in [0.1, 0.15) is 18.2 Å². The van der Waals surface area contributed by atoms with Gasteiger partial charge >= 0.3 is 0 Å². The van der Waals surface area contributed by atoms with Crippen molar-refractivity contribution in [2.75, 3.05) is 0 Å². The first-order valence-corrected chi connectivity index (χ1v) is 6.04. The second-order valence-corrected chi connectivity index (χ2v) is 4.11. The van der Waals surface area contributed by atoms with E-state index in [1.165, 1.54) is 0 Å². The number of hydrogen-bond donors (Lipinski definition) is 1. The number of amides is 1. The van der Waals surface area contributed by atoms with Crippen LogP contribution in [0, 0.1) is 0 Å². The highest BCUT2D eigenvalue weighted by atomic mass is 16.2. The first-order valence-electron chi connectivity index (χ1n) is 6.04. The molecule has 96 valence electrons. The van der Waals surface area contributed by atoms with Crippen LogP contribution < -0.4 is 5.43 Å². The van der Waals surface area contributed by atoms with Gasteiger partial charge in [-0.25, -0.2) is 5.43 Å². The predicted octanol–water partition coefficient (Wildman–Crippen LogP) is 2.16. The fourth-order valence-corrected chi connectivity index (χ4v) is 1.60. The number of aromatic nitrogens is 1. The highest BCUT2D eigenvalue weighted by Gasteiger charge is 2.02. The zero-order valence-electron chi connectivity index (χ0n) is 10.7. The molecule has 2 rings (SSSR count). The SMILES string of the molecule is CC(=NNC(=O)Cc1ccccc1)c1ccccn1. The monoisotopic (exact) mass is 253 g/mol. The summed E-state index contributed by atoms with van der Waals surface area (Å²) >= 11 is 0. The molecule has 0 aliphatic heterocycles. The average molecular weight is 253 g/mol. The van der Waals surface area contributed by atoms with E-state index in [0.717, 1.165) is 11.3 Å². The molecule has 0 fully saturated rings. The number of carbonyl (C=O) groups is 1. The van der Waals surface area contributed by atoms with Gasteiger partial charge in [0, 0.05) is 6.20 Å². The maximum absolute atomic E-state index is 11.7. The minimum Gasteiger partial charge on any atom is -0.273 e. The Morgan fingerprint density at radius 3 is 2.58 bits per heavy atom. The summed E-state index contributed by atoms with van der Waals surface area (Å²) in [6.45, 7) is 1.81. The molecule has 4 heteroatoms. The number of pyridine rings is 1. The van der Waals surface area contributed by atoms with Crippen LogP contribution in [0.5, 0.6) is 0 Å². The molecule has 0 spiro atoms. The fourth-order valence-electron chi connectivity index (χ4n) is 1.60. The van der Waals surface area contributed by atoms with Crippen LogP contribution in [-0.4, -0.2) is 16.6 Å². The molecule has 0 unspecified atom stereocenters. The molecule has 0 aliphatic carbocycles. The molecule has 1 aromatic carbocycles. The highest BCUT2D eigenvalue weighted by Crippen LogP contribution is 1.99. The van der Waals surface area contributed by atoms with E-state index >= 15 is 0 Å². The van der Waals surface area contributed by atoms with Gasteiger partial charge in [0.25, 0.3) is 0 Å². The molecule has 1 amide bonds. The Balaban J connectivity index is 1.93. The number of hydrazone groups is 1. The van der Waals surface area contributed by atoms with Gasteiger partial charge in [-0.3, -0.25) is 9.78 Å². The molecule has 2 aromatic rings. The van der Waals surface area contributed by atoms with E-state index < -0.39 is 0 Å². The van der Waals surface area contributed by atoms with E-state index in [2.05, 4.69) is 15.5 Å². The van der Waals surface area contributed by atoms with Gasteiger partial charge in [-0.15, -0.1) is 0 Å². The van der Waals surface area contributed by atoms with E-state index in [0.29, 0.717) is 12.1 Å². The Morgan fingerprint density at radius 2 is 1.89 bits per heavy atom. The average Bonchev–Trinajstić information content (AvgIpc) is 2.47. The number of nitrogens with zero attached hydrogens (tertiary/aromatic N) is 2. The van der Waals surface area contributed by atoms with E-state index in [4.69, 9.17) is 0 Å². The van der Waals surface area contributed by atoms with Gasteiger partial charge in [-0.05, 0) is 24.6 Å². The summed E-state index contributed by atoms with van der Waals surface area (Å²) in [5.74, 6) is -0.138. The lowest BCUT2D eigenvalue weighted by atomic mass is 10.1. The van der Waals surface area contributed by atoms with Gasteiger partial charge < -0.3 is 0 Å². The van der Waals surface area contributed by atoms with Crippen LogP contribution in [0.4, 0.5) is 0 Å². The van der Waals surface area contributed by atoms with Crippen molar-refractivity contribution in [3.8, 4) is 0 Å². The number of nitrogens with one attached hydrogen (secondary N) is 1. The minimum absolute atomic E-state index is 0.138. The molecule has 0 aliphatic rings. The molecule has 4 nitrogen and oxygen atoms in total. The molecular weight excluding hydrogens is 238 g/mol. The summed E-state index contributed by atoms with van der Waals surface area (Å²) in [5.41, 5.74) is 4.94. The Bertz CT molecular complexity index is 564. The Hall–Kier alpha value is -2.49. The molecule has 0 radical (unpaired) electrons. The molecule has 0 atom stereocenters. The minimum atomic E-state index is -0.138. The van der Waals surface area contributed by atoms with Crippen LogP contribution in [-0.2, 0) is 11.2 Å². The van der Waals surface area contributed by atoms with Crippen LogP contribution in [0.25, 0.3) is 0 Å². The van der Waals surface area contributed by atoms with Gasteiger partial charge in [0.1, 0.15) is 0 Å². The summed E-state index contributed by atoms with van der Waals surface area (Å²) < 4.78 is 0. The van der Waals surface area contributed by atoms with Crippen molar-refractivity contribution < 1.29 is 4.79 Å². The molecule has 1 N–H and O–H groups in total. The van der Waals surface area contributed by atoms with Crippen LogP contribution in [0.2, 0.25) is 0 Å². The lowest BCUT2D eigenvalue weighted by molar-refractivity contribution is -0.120. The van der Waals surface area contributed by atoms with Crippen LogP contribution in [0.15, 0.2) is 59.8 Å². The summed E-state index contributed by atoms with van der Waals surface area (Å²) in [6, 6.07) is 15.1. The topological polar surface area (TPSA) is 54.4 Å². The summed E-state index contributed by atoms with van der Waals surface area (Å²) in [5, 5.41) is 4.05. The second-order valence-electron chi connectivity index (χ2n) is 4.11. The summed E-state index contributed by atoms with van der Waals surface area (Å²) in [7, 11) is 0. The molecule has 0 saturated carbocycles. The van der Waals surface area contributed by atoms with Crippen molar-refractivity contribution in [1.29, 1.82) is 0 Å². The smallest absolute Gasteiger partial charge is 0.244 e. The van der Waals surface area contributed by atoms with Gasteiger partial charge in [0.2, 0.25) is 5.91 Å². The van der Waals surface area contributed by atoms with Crippen molar-refractivity contribution in [2.45, 2.75) is 13.3 Å². The van der Waals surface area contributed by atoms with Crippen LogP contribution in [0.3, 0.4) is 0 Å². The lowest BCUT2D eigenvalue weighted by Gasteiger charge is -2.02. The van der Waals surface area contributed by atoms with Crippen molar-refractivity contribution in [3.05, 3.63) is 66.0 Å². The Kier molecular flexibility index (Phi) is 4.39. The molecule has 1 heterocycles. The predicted molar refractivity (Wildman–Crippen MR) is 74.7 cm³/mol. The summed E-state index contributed by atoms with van der Waals surface area (Å²) in [6.07, 6.45) is 2.01.